The molecule has 0 N–H and O–H groups in total. The van der Waals surface area contributed by atoms with Gasteiger partial charge in [0, 0.05) is 6.42 Å². The van der Waals surface area contributed by atoms with Crippen LogP contribution in [-0.2, 0) is 19.6 Å². The minimum Gasteiger partial charge on any atom is -0.548 e. The summed E-state index contributed by atoms with van der Waals surface area (Å²) in [4.78, 5) is 22.0. The van der Waals surface area contributed by atoms with Crippen molar-refractivity contribution in [2.75, 3.05) is 6.54 Å². The van der Waals surface area contributed by atoms with Crippen LogP contribution in [0.2, 0.25) is 0 Å². The number of Topliss-reactive ketones (excluding diaryl/α,β-unsaturated/α-hetero) is 1. The fourth-order valence-electron chi connectivity index (χ4n) is 1.65. The van der Waals surface area contributed by atoms with Crippen LogP contribution in [0.1, 0.15) is 6.42 Å². The van der Waals surface area contributed by atoms with E-state index in [1.807, 2.05) is 0 Å². The number of carbonyl (C=O) groups excluding carboxylic acids is 2. The second-order valence-corrected chi connectivity index (χ2v) is 6.63. The Morgan fingerprint density at radius 3 is 2.76 bits per heavy atom. The number of thiophene rings is 1. The van der Waals surface area contributed by atoms with E-state index in [0.29, 0.717) is 4.31 Å². The molecule has 0 amide bonds. The van der Waals surface area contributed by atoms with Crippen LogP contribution in [0.25, 0.3) is 0 Å². The van der Waals surface area contributed by atoms with Gasteiger partial charge in [-0.3, -0.25) is 4.79 Å². The Kier molecular flexibility index (Phi) is 3.02. The first-order valence-electron chi connectivity index (χ1n) is 4.71. The largest absolute Gasteiger partial charge is 0.548 e. The van der Waals surface area contributed by atoms with E-state index in [9.17, 15) is 23.1 Å². The lowest BCUT2D eigenvalue weighted by molar-refractivity contribution is -0.309. The number of ketones is 1. The Bertz CT molecular complexity index is 548. The van der Waals surface area contributed by atoms with E-state index in [1.54, 1.807) is 11.4 Å². The van der Waals surface area contributed by atoms with E-state index >= 15 is 0 Å². The monoisotopic (exact) mass is 274 g/mol. The molecule has 2 rings (SSSR count). The van der Waals surface area contributed by atoms with Gasteiger partial charge in [0.1, 0.15) is 9.99 Å². The van der Waals surface area contributed by atoms with Crippen molar-refractivity contribution in [3.05, 3.63) is 17.5 Å². The average Bonchev–Trinajstić information content (AvgIpc) is 2.84. The third kappa shape index (κ3) is 2.11. The molecule has 1 fully saturated rings. The van der Waals surface area contributed by atoms with Crippen LogP contribution < -0.4 is 5.11 Å². The standard InChI is InChI=1S/C9H9NO5S2/c11-6-4-7(9(12)13)10(5-6)17(14,15)8-2-1-3-16-8/h1-3,7H,4-5H2,(H,12,13)/p-1/t7-/m1/s1. The molecule has 1 atom stereocenters. The predicted molar refractivity (Wildman–Crippen MR) is 56.6 cm³/mol. The van der Waals surface area contributed by atoms with E-state index in [0.717, 1.165) is 11.3 Å². The fraction of sp³-hybridized carbons (Fsp3) is 0.333. The summed E-state index contributed by atoms with van der Waals surface area (Å²) in [5, 5.41) is 12.4. The third-order valence-electron chi connectivity index (χ3n) is 2.43. The number of hydrogen-bond donors (Lipinski definition) is 0. The summed E-state index contributed by atoms with van der Waals surface area (Å²) < 4.78 is 24.8. The van der Waals surface area contributed by atoms with Crippen molar-refractivity contribution in [2.24, 2.45) is 0 Å². The molecule has 1 aromatic rings. The molecule has 0 radical (unpaired) electrons. The topological polar surface area (TPSA) is 94.6 Å². The number of carboxylic acids is 1. The Morgan fingerprint density at radius 1 is 1.53 bits per heavy atom. The molecule has 1 aliphatic rings. The van der Waals surface area contributed by atoms with Gasteiger partial charge < -0.3 is 9.90 Å². The number of nitrogens with zero attached hydrogens (tertiary/aromatic N) is 1. The van der Waals surface area contributed by atoms with Crippen LogP contribution in [0.4, 0.5) is 0 Å². The smallest absolute Gasteiger partial charge is 0.253 e. The summed E-state index contributed by atoms with van der Waals surface area (Å²) in [5.41, 5.74) is 0. The molecular weight excluding hydrogens is 266 g/mol. The molecule has 8 heteroatoms. The zero-order valence-electron chi connectivity index (χ0n) is 8.53. The highest BCUT2D eigenvalue weighted by Gasteiger charge is 2.40. The molecule has 0 unspecified atom stereocenters. The molecule has 0 aliphatic carbocycles. The summed E-state index contributed by atoms with van der Waals surface area (Å²) in [7, 11) is -3.91. The average molecular weight is 274 g/mol. The van der Waals surface area contributed by atoms with E-state index in [1.165, 1.54) is 6.07 Å². The molecule has 0 bridgehead atoms. The summed E-state index contributed by atoms with van der Waals surface area (Å²) >= 11 is 0.977. The SMILES string of the molecule is O=C1C[C@H](C(=O)[O-])N(S(=O)(=O)c2cccs2)C1. The van der Waals surface area contributed by atoms with Crippen molar-refractivity contribution in [3.63, 3.8) is 0 Å². The predicted octanol–water partition coefficient (Wildman–Crippen LogP) is -1.17. The maximum absolute atomic E-state index is 12.0. The number of aliphatic carboxylic acids is 1. The van der Waals surface area contributed by atoms with Gasteiger partial charge in [-0.1, -0.05) is 6.07 Å². The molecule has 0 spiro atoms. The quantitative estimate of drug-likeness (QED) is 0.692. The van der Waals surface area contributed by atoms with E-state index < -0.39 is 34.4 Å². The Balaban J connectivity index is 2.40. The Labute approximate surface area is 102 Å². The number of rotatable bonds is 3. The van der Waals surface area contributed by atoms with E-state index in [4.69, 9.17) is 0 Å². The lowest BCUT2D eigenvalue weighted by Gasteiger charge is -2.22. The first-order chi connectivity index (χ1) is 7.93. The minimum absolute atomic E-state index is 0.0263. The normalized spacial score (nSPS) is 21.9. The number of hydrogen-bond acceptors (Lipinski definition) is 6. The molecule has 1 aromatic heterocycles. The lowest BCUT2D eigenvalue weighted by Crippen LogP contribution is -2.46. The first kappa shape index (κ1) is 12.2. The van der Waals surface area contributed by atoms with Gasteiger partial charge in [0.25, 0.3) is 10.0 Å². The van der Waals surface area contributed by atoms with Crippen LogP contribution in [0.5, 0.6) is 0 Å². The van der Waals surface area contributed by atoms with Gasteiger partial charge >= 0.3 is 0 Å². The molecule has 2 heterocycles. The molecule has 1 saturated heterocycles. The van der Waals surface area contributed by atoms with Gasteiger partial charge in [0.15, 0.2) is 0 Å². The summed E-state index contributed by atoms with van der Waals surface area (Å²) in [6, 6.07) is 1.52. The summed E-state index contributed by atoms with van der Waals surface area (Å²) in [6.07, 6.45) is -0.326. The van der Waals surface area contributed by atoms with Crippen molar-refractivity contribution in [2.45, 2.75) is 16.7 Å². The van der Waals surface area contributed by atoms with Gasteiger partial charge in [0.05, 0.1) is 18.6 Å². The van der Waals surface area contributed by atoms with Crippen molar-refractivity contribution < 1.29 is 23.1 Å². The number of carboxylic acid groups (broad SMARTS) is 1. The molecular formula is C9H8NO5S2-. The first-order valence-corrected chi connectivity index (χ1v) is 7.03. The minimum atomic E-state index is -3.91. The Hall–Kier alpha value is -1.25. The van der Waals surface area contributed by atoms with Crippen LogP contribution >= 0.6 is 11.3 Å². The number of sulfonamides is 1. The highest BCUT2D eigenvalue weighted by atomic mass is 32.2. The fourth-order valence-corrected chi connectivity index (χ4v) is 4.33. The van der Waals surface area contributed by atoms with Crippen LogP contribution in [0.3, 0.4) is 0 Å². The van der Waals surface area contributed by atoms with Gasteiger partial charge in [-0.25, -0.2) is 8.42 Å². The van der Waals surface area contributed by atoms with E-state index in [-0.39, 0.29) is 10.6 Å². The van der Waals surface area contributed by atoms with Crippen LogP contribution in [0, 0.1) is 0 Å². The van der Waals surface area contributed by atoms with Crippen molar-refractivity contribution in [3.8, 4) is 0 Å². The zero-order valence-corrected chi connectivity index (χ0v) is 10.2. The highest BCUT2D eigenvalue weighted by Crippen LogP contribution is 2.26. The molecule has 0 aromatic carbocycles. The third-order valence-corrected chi connectivity index (χ3v) is 5.66. The number of carbonyl (C=O) groups is 2. The summed E-state index contributed by atoms with van der Waals surface area (Å²) in [5.74, 6) is -1.96. The highest BCUT2D eigenvalue weighted by molar-refractivity contribution is 7.91. The Morgan fingerprint density at radius 2 is 2.24 bits per heavy atom. The lowest BCUT2D eigenvalue weighted by atomic mass is 10.2. The van der Waals surface area contributed by atoms with Crippen molar-refractivity contribution in [1.82, 2.24) is 4.31 Å². The van der Waals surface area contributed by atoms with Crippen LogP contribution in [-0.4, -0.2) is 37.1 Å². The zero-order chi connectivity index (χ0) is 12.6. The molecule has 1 aliphatic heterocycles. The molecule has 0 saturated carbocycles. The summed E-state index contributed by atoms with van der Waals surface area (Å²) in [6.45, 7) is -0.404. The molecule has 92 valence electrons. The van der Waals surface area contributed by atoms with Gasteiger partial charge in [-0.15, -0.1) is 11.3 Å². The van der Waals surface area contributed by atoms with Gasteiger partial charge in [0.2, 0.25) is 0 Å². The van der Waals surface area contributed by atoms with Crippen molar-refractivity contribution in [1.29, 1.82) is 0 Å². The maximum atomic E-state index is 12.0. The second kappa shape index (κ2) is 4.21. The molecule has 6 nitrogen and oxygen atoms in total. The van der Waals surface area contributed by atoms with E-state index in [2.05, 4.69) is 0 Å². The van der Waals surface area contributed by atoms with Crippen LogP contribution in [0.15, 0.2) is 21.7 Å². The maximum Gasteiger partial charge on any atom is 0.253 e. The van der Waals surface area contributed by atoms with Gasteiger partial charge in [-0.05, 0) is 11.4 Å². The van der Waals surface area contributed by atoms with Crippen molar-refractivity contribution >= 4 is 33.1 Å². The second-order valence-electron chi connectivity index (χ2n) is 3.56. The molecule has 17 heavy (non-hydrogen) atoms. The van der Waals surface area contributed by atoms with Gasteiger partial charge in [-0.2, -0.15) is 4.31 Å².